The third-order valence-corrected chi connectivity index (χ3v) is 5.04. The van der Waals surface area contributed by atoms with Crippen molar-refractivity contribution in [3.63, 3.8) is 0 Å². The van der Waals surface area contributed by atoms with Crippen LogP contribution in [0.3, 0.4) is 0 Å². The van der Waals surface area contributed by atoms with Crippen molar-refractivity contribution in [3.05, 3.63) is 65.1 Å². The molecule has 0 atom stereocenters. The highest BCUT2D eigenvalue weighted by atomic mass is 32.2. The van der Waals surface area contributed by atoms with Crippen LogP contribution in [-0.4, -0.2) is 0 Å². The lowest BCUT2D eigenvalue weighted by molar-refractivity contribution is 1.22. The molecule has 2 aromatic carbocycles. The number of thioether (sulfide) groups is 2. The summed E-state index contributed by atoms with van der Waals surface area (Å²) in [5.41, 5.74) is 2.63. The van der Waals surface area contributed by atoms with Crippen molar-refractivity contribution in [2.75, 3.05) is 0 Å². The average Bonchev–Trinajstić information content (AvgIpc) is 2.39. The Morgan fingerprint density at radius 3 is 2.53 bits per heavy atom. The van der Waals surface area contributed by atoms with Gasteiger partial charge in [0.15, 0.2) is 0 Å². The summed E-state index contributed by atoms with van der Waals surface area (Å²) in [6, 6.07) is 17.2. The number of hydrogen-bond donors (Lipinski definition) is 0. The minimum Gasteiger partial charge on any atom is -0.0957 e. The molecule has 84 valence electrons. The summed E-state index contributed by atoms with van der Waals surface area (Å²) in [6.07, 6.45) is 0. The first-order valence-corrected chi connectivity index (χ1v) is 7.23. The van der Waals surface area contributed by atoms with Crippen LogP contribution in [0.4, 0.5) is 0 Å². The van der Waals surface area contributed by atoms with Gasteiger partial charge in [-0.2, -0.15) is 0 Å². The fraction of sp³-hybridized carbons (Fsp3) is 0.0667. The maximum absolute atomic E-state index is 2.27. The molecule has 0 radical (unpaired) electrons. The Labute approximate surface area is 110 Å². The van der Waals surface area contributed by atoms with Gasteiger partial charge >= 0.3 is 0 Å². The summed E-state index contributed by atoms with van der Waals surface area (Å²) in [4.78, 5) is 4.07. The molecule has 17 heavy (non-hydrogen) atoms. The zero-order chi connectivity index (χ0) is 11.7. The molecule has 0 saturated carbocycles. The first-order chi connectivity index (χ1) is 8.33. The Hall–Kier alpha value is -1.12. The SMILES string of the molecule is Cc1ccc2c(c1)SC(c1ccccc1)=CS2. The van der Waals surface area contributed by atoms with Crippen LogP contribution in [0.1, 0.15) is 11.1 Å². The van der Waals surface area contributed by atoms with Crippen molar-refractivity contribution in [3.8, 4) is 0 Å². The minimum absolute atomic E-state index is 1.30. The van der Waals surface area contributed by atoms with Gasteiger partial charge < -0.3 is 0 Å². The number of fused-ring (bicyclic) bond motifs is 1. The van der Waals surface area contributed by atoms with Gasteiger partial charge in [-0.3, -0.25) is 0 Å². The van der Waals surface area contributed by atoms with Crippen molar-refractivity contribution < 1.29 is 0 Å². The largest absolute Gasteiger partial charge is 0.0957 e. The molecule has 0 saturated heterocycles. The summed E-state index contributed by atoms with van der Waals surface area (Å²) in [5, 5.41) is 2.25. The van der Waals surface area contributed by atoms with E-state index in [4.69, 9.17) is 0 Å². The molecule has 1 heterocycles. The molecule has 1 aliphatic heterocycles. The normalized spacial score (nSPS) is 14.1. The fourth-order valence-corrected chi connectivity index (χ4v) is 3.98. The Morgan fingerprint density at radius 1 is 0.882 bits per heavy atom. The lowest BCUT2D eigenvalue weighted by Crippen LogP contribution is -1.87. The summed E-state index contributed by atoms with van der Waals surface area (Å²) in [5.74, 6) is 0. The zero-order valence-electron chi connectivity index (χ0n) is 9.51. The van der Waals surface area contributed by atoms with Crippen molar-refractivity contribution in [2.45, 2.75) is 16.7 Å². The lowest BCUT2D eigenvalue weighted by Gasteiger charge is -2.16. The van der Waals surface area contributed by atoms with Crippen LogP contribution in [-0.2, 0) is 0 Å². The number of benzene rings is 2. The predicted molar refractivity (Wildman–Crippen MR) is 77.3 cm³/mol. The predicted octanol–water partition coefficient (Wildman–Crippen LogP) is 5.19. The van der Waals surface area contributed by atoms with Crippen molar-refractivity contribution in [1.29, 1.82) is 0 Å². The van der Waals surface area contributed by atoms with E-state index in [1.807, 2.05) is 23.5 Å². The molecule has 2 heteroatoms. The van der Waals surface area contributed by atoms with Crippen molar-refractivity contribution in [1.82, 2.24) is 0 Å². The van der Waals surface area contributed by atoms with E-state index in [1.165, 1.54) is 25.8 Å². The maximum atomic E-state index is 2.27. The van der Waals surface area contributed by atoms with Gasteiger partial charge in [0.2, 0.25) is 0 Å². The van der Waals surface area contributed by atoms with E-state index in [9.17, 15) is 0 Å². The molecule has 0 aliphatic carbocycles. The van der Waals surface area contributed by atoms with E-state index in [0.29, 0.717) is 0 Å². The molecule has 0 aromatic heterocycles. The second-order valence-electron chi connectivity index (χ2n) is 4.02. The monoisotopic (exact) mass is 256 g/mol. The maximum Gasteiger partial charge on any atom is 0.0264 e. The molecule has 1 aliphatic rings. The topological polar surface area (TPSA) is 0 Å². The van der Waals surface area contributed by atoms with E-state index >= 15 is 0 Å². The lowest BCUT2D eigenvalue weighted by atomic mass is 10.2. The van der Waals surface area contributed by atoms with Crippen molar-refractivity contribution >= 4 is 28.4 Å². The highest BCUT2D eigenvalue weighted by molar-refractivity contribution is 8.12. The van der Waals surface area contributed by atoms with Crippen LogP contribution in [0.5, 0.6) is 0 Å². The standard InChI is InChI=1S/C15H12S2/c1-11-7-8-13-14(9-11)17-15(10-16-13)12-5-3-2-4-6-12/h2-10H,1H3. The summed E-state index contributed by atoms with van der Waals surface area (Å²) < 4.78 is 0. The molecular weight excluding hydrogens is 244 g/mol. The van der Waals surface area contributed by atoms with Crippen LogP contribution < -0.4 is 0 Å². The van der Waals surface area contributed by atoms with E-state index < -0.39 is 0 Å². The van der Waals surface area contributed by atoms with Crippen LogP contribution in [0.15, 0.2) is 63.7 Å². The van der Waals surface area contributed by atoms with Gasteiger partial charge in [-0.25, -0.2) is 0 Å². The quantitative estimate of drug-likeness (QED) is 0.688. The van der Waals surface area contributed by atoms with Gasteiger partial charge in [0.1, 0.15) is 0 Å². The summed E-state index contributed by atoms with van der Waals surface area (Å²) in [6.45, 7) is 2.14. The minimum atomic E-state index is 1.30. The van der Waals surface area contributed by atoms with Gasteiger partial charge in [0.25, 0.3) is 0 Å². The van der Waals surface area contributed by atoms with Gasteiger partial charge in [0.05, 0.1) is 0 Å². The molecule has 0 unspecified atom stereocenters. The highest BCUT2D eigenvalue weighted by Gasteiger charge is 2.13. The van der Waals surface area contributed by atoms with E-state index in [2.05, 4.69) is 60.9 Å². The molecule has 3 rings (SSSR count). The number of hydrogen-bond acceptors (Lipinski definition) is 2. The average molecular weight is 256 g/mol. The Balaban J connectivity index is 1.96. The second-order valence-corrected chi connectivity index (χ2v) is 6.01. The Kier molecular flexibility index (Phi) is 3.00. The zero-order valence-corrected chi connectivity index (χ0v) is 11.1. The first kappa shape index (κ1) is 11.0. The number of rotatable bonds is 1. The third-order valence-electron chi connectivity index (χ3n) is 2.67. The molecular formula is C15H12S2. The van der Waals surface area contributed by atoms with Crippen LogP contribution in [0, 0.1) is 6.92 Å². The van der Waals surface area contributed by atoms with Crippen LogP contribution in [0.25, 0.3) is 4.91 Å². The highest BCUT2D eigenvalue weighted by Crippen LogP contribution is 2.46. The van der Waals surface area contributed by atoms with E-state index in [0.717, 1.165) is 0 Å². The second kappa shape index (κ2) is 4.63. The van der Waals surface area contributed by atoms with Crippen LogP contribution in [0.2, 0.25) is 0 Å². The molecule has 0 fully saturated rings. The van der Waals surface area contributed by atoms with Crippen LogP contribution >= 0.6 is 23.5 Å². The summed E-state index contributed by atoms with van der Waals surface area (Å²) in [7, 11) is 0. The number of aryl methyl sites for hydroxylation is 1. The van der Waals surface area contributed by atoms with Gasteiger partial charge in [-0.15, -0.1) is 0 Å². The Bertz CT molecular complexity index is 571. The van der Waals surface area contributed by atoms with E-state index in [-0.39, 0.29) is 0 Å². The molecule has 0 nitrogen and oxygen atoms in total. The van der Waals surface area contributed by atoms with Crippen molar-refractivity contribution in [2.24, 2.45) is 0 Å². The molecule has 0 spiro atoms. The summed E-state index contributed by atoms with van der Waals surface area (Å²) >= 11 is 3.68. The third kappa shape index (κ3) is 2.28. The van der Waals surface area contributed by atoms with Gasteiger partial charge in [-0.05, 0) is 35.6 Å². The molecule has 0 bridgehead atoms. The van der Waals surface area contributed by atoms with E-state index in [1.54, 1.807) is 0 Å². The first-order valence-electron chi connectivity index (χ1n) is 5.54. The smallest absolute Gasteiger partial charge is 0.0264 e. The van der Waals surface area contributed by atoms with Gasteiger partial charge in [0, 0.05) is 14.7 Å². The Morgan fingerprint density at radius 2 is 1.71 bits per heavy atom. The van der Waals surface area contributed by atoms with Gasteiger partial charge in [-0.1, -0.05) is 59.9 Å². The molecule has 0 amide bonds. The fourth-order valence-electron chi connectivity index (χ4n) is 1.78. The molecule has 0 N–H and O–H groups in total. The molecule has 2 aromatic rings.